The van der Waals surface area contributed by atoms with Crippen LogP contribution in [0.3, 0.4) is 0 Å². The van der Waals surface area contributed by atoms with Crippen molar-refractivity contribution in [2.75, 3.05) is 13.1 Å². The van der Waals surface area contributed by atoms with E-state index in [9.17, 15) is 9.59 Å². The molecule has 1 aromatic heterocycles. The highest BCUT2D eigenvalue weighted by atomic mass is 35.5. The molecule has 3 rings (SSSR count). The summed E-state index contributed by atoms with van der Waals surface area (Å²) < 4.78 is 10.6. The van der Waals surface area contributed by atoms with E-state index in [0.29, 0.717) is 42.4 Å². The summed E-state index contributed by atoms with van der Waals surface area (Å²) in [5, 5.41) is 12.8. The number of carboxylic acids is 1. The lowest BCUT2D eigenvalue weighted by Gasteiger charge is -2.16. The van der Waals surface area contributed by atoms with Gasteiger partial charge in [0.1, 0.15) is 5.75 Å². The predicted octanol–water partition coefficient (Wildman–Crippen LogP) is 2.18. The van der Waals surface area contributed by atoms with E-state index in [2.05, 4.69) is 10.1 Å². The van der Waals surface area contributed by atoms with Crippen molar-refractivity contribution in [2.24, 2.45) is 5.92 Å². The summed E-state index contributed by atoms with van der Waals surface area (Å²) in [5.41, 5.74) is 0.506. The first-order valence-electron chi connectivity index (χ1n) is 8.13. The van der Waals surface area contributed by atoms with E-state index in [1.54, 1.807) is 29.2 Å². The summed E-state index contributed by atoms with van der Waals surface area (Å²) in [4.78, 5) is 29.1. The minimum atomic E-state index is -0.855. The third-order valence-corrected chi connectivity index (χ3v) is 4.11. The molecule has 1 N–H and O–H groups in total. The molecule has 0 bridgehead atoms. The van der Waals surface area contributed by atoms with Gasteiger partial charge in [-0.2, -0.15) is 4.98 Å². The van der Waals surface area contributed by atoms with E-state index >= 15 is 0 Å². The van der Waals surface area contributed by atoms with Crippen molar-refractivity contribution in [2.45, 2.75) is 26.4 Å². The van der Waals surface area contributed by atoms with Crippen molar-refractivity contribution in [3.8, 4) is 5.75 Å². The molecule has 1 amide bonds. The maximum absolute atomic E-state index is 12.4. The molecule has 1 aliphatic heterocycles. The summed E-state index contributed by atoms with van der Waals surface area (Å²) in [6.45, 7) is 2.83. The number of benzene rings is 1. The molecule has 1 aromatic carbocycles. The van der Waals surface area contributed by atoms with Gasteiger partial charge in [0.05, 0.1) is 5.92 Å². The number of aromatic nitrogens is 2. The lowest BCUT2D eigenvalue weighted by molar-refractivity contribution is -0.141. The molecule has 0 spiro atoms. The Labute approximate surface area is 156 Å². The number of amides is 1. The van der Waals surface area contributed by atoms with Crippen molar-refractivity contribution in [1.29, 1.82) is 0 Å². The van der Waals surface area contributed by atoms with Crippen molar-refractivity contribution < 1.29 is 24.0 Å². The average Bonchev–Trinajstić information content (AvgIpc) is 3.29. The van der Waals surface area contributed by atoms with Crippen LogP contribution in [0, 0.1) is 5.92 Å². The smallest absolute Gasteiger partial charge is 0.308 e. The number of carbonyl (C=O) groups excluding carboxylic acids is 1. The Morgan fingerprint density at radius 3 is 2.65 bits per heavy atom. The van der Waals surface area contributed by atoms with Crippen molar-refractivity contribution >= 4 is 24.3 Å². The van der Waals surface area contributed by atoms with Gasteiger partial charge in [-0.25, -0.2) is 0 Å². The molecule has 2 aromatic rings. The molecule has 1 fully saturated rings. The number of carbonyl (C=O) groups is 2. The molecule has 0 radical (unpaired) electrons. The van der Waals surface area contributed by atoms with E-state index < -0.39 is 11.9 Å². The highest BCUT2D eigenvalue weighted by Crippen LogP contribution is 2.20. The van der Waals surface area contributed by atoms with Crippen molar-refractivity contribution in [3.63, 3.8) is 0 Å². The van der Waals surface area contributed by atoms with Crippen LogP contribution in [-0.4, -0.2) is 45.1 Å². The fourth-order valence-electron chi connectivity index (χ4n) is 2.66. The summed E-state index contributed by atoms with van der Waals surface area (Å²) >= 11 is 0. The van der Waals surface area contributed by atoms with Gasteiger partial charge < -0.3 is 19.3 Å². The first kappa shape index (κ1) is 19.7. The van der Waals surface area contributed by atoms with E-state index in [1.807, 2.05) is 6.92 Å². The van der Waals surface area contributed by atoms with Gasteiger partial charge in [-0.15, -0.1) is 12.4 Å². The van der Waals surface area contributed by atoms with Gasteiger partial charge in [0.15, 0.2) is 6.61 Å². The van der Waals surface area contributed by atoms with Crippen LogP contribution in [0.15, 0.2) is 28.8 Å². The van der Waals surface area contributed by atoms with Gasteiger partial charge in [0.25, 0.3) is 5.91 Å². The zero-order valence-corrected chi connectivity index (χ0v) is 15.1. The van der Waals surface area contributed by atoms with E-state index in [0.717, 1.165) is 0 Å². The molecular formula is C17H20ClN3O5. The van der Waals surface area contributed by atoms with E-state index in [4.69, 9.17) is 14.4 Å². The normalized spacial score (nSPS) is 16.2. The topological polar surface area (TPSA) is 106 Å². The quantitative estimate of drug-likeness (QED) is 0.817. The number of likely N-dealkylation sites (tertiary alicyclic amines) is 1. The summed E-state index contributed by atoms with van der Waals surface area (Å²) in [6.07, 6.45) is 1.16. The molecule has 2 heterocycles. The zero-order valence-electron chi connectivity index (χ0n) is 14.3. The summed E-state index contributed by atoms with van der Waals surface area (Å²) in [5.74, 6) is 0.116. The Bertz CT molecular complexity index is 762. The highest BCUT2D eigenvalue weighted by molar-refractivity contribution is 5.94. The average molecular weight is 382 g/mol. The molecule has 1 atom stereocenters. The minimum absolute atomic E-state index is 0. The largest absolute Gasteiger partial charge is 0.485 e. The van der Waals surface area contributed by atoms with Crippen LogP contribution in [0.25, 0.3) is 0 Å². The number of aliphatic carboxylic acids is 1. The number of rotatable bonds is 6. The van der Waals surface area contributed by atoms with E-state index in [-0.39, 0.29) is 31.5 Å². The van der Waals surface area contributed by atoms with Crippen LogP contribution in [0.4, 0.5) is 0 Å². The van der Waals surface area contributed by atoms with Crippen LogP contribution in [0.5, 0.6) is 5.75 Å². The van der Waals surface area contributed by atoms with Gasteiger partial charge in [0, 0.05) is 25.1 Å². The number of carboxylic acid groups (broad SMARTS) is 1. The zero-order chi connectivity index (χ0) is 17.8. The van der Waals surface area contributed by atoms with Gasteiger partial charge in [-0.3, -0.25) is 9.59 Å². The number of halogens is 1. The second-order valence-corrected chi connectivity index (χ2v) is 5.85. The molecule has 0 aliphatic carbocycles. The maximum atomic E-state index is 12.4. The minimum Gasteiger partial charge on any atom is -0.485 e. The maximum Gasteiger partial charge on any atom is 0.308 e. The molecule has 140 valence electrons. The van der Waals surface area contributed by atoms with Crippen molar-refractivity contribution in [1.82, 2.24) is 15.0 Å². The van der Waals surface area contributed by atoms with Gasteiger partial charge in [-0.05, 0) is 30.7 Å². The van der Waals surface area contributed by atoms with Crippen LogP contribution in [-0.2, 0) is 17.8 Å². The van der Waals surface area contributed by atoms with Crippen LogP contribution < -0.4 is 4.74 Å². The Kier molecular flexibility index (Phi) is 6.57. The molecule has 1 saturated heterocycles. The van der Waals surface area contributed by atoms with E-state index in [1.165, 1.54) is 0 Å². The molecule has 9 heteroatoms. The summed E-state index contributed by atoms with van der Waals surface area (Å²) in [6, 6.07) is 6.72. The molecule has 8 nitrogen and oxygen atoms in total. The SMILES string of the molecule is CCc1nc(COc2ccc(C(=O)N3CCC(C(=O)O)C3)cc2)no1.Cl. The number of hydrogen-bond acceptors (Lipinski definition) is 6. The van der Waals surface area contributed by atoms with Gasteiger partial charge >= 0.3 is 5.97 Å². The third kappa shape index (κ3) is 4.51. The monoisotopic (exact) mass is 381 g/mol. The standard InChI is InChI=1S/C17H19N3O5.ClH/c1-2-15-18-14(19-25-15)10-24-13-5-3-11(4-6-13)16(21)20-8-7-12(9-20)17(22)23;/h3-6,12H,2,7-10H2,1H3,(H,22,23);1H. The Balaban J connectivity index is 0.00000243. The van der Waals surface area contributed by atoms with Gasteiger partial charge in [-0.1, -0.05) is 12.1 Å². The lowest BCUT2D eigenvalue weighted by atomic mass is 10.1. The number of ether oxygens (including phenoxy) is 1. The second-order valence-electron chi connectivity index (χ2n) is 5.85. The number of aryl methyl sites for hydroxylation is 1. The summed E-state index contributed by atoms with van der Waals surface area (Å²) in [7, 11) is 0. The molecule has 0 saturated carbocycles. The highest BCUT2D eigenvalue weighted by Gasteiger charge is 2.31. The fraction of sp³-hybridized carbons (Fsp3) is 0.412. The molecule has 1 aliphatic rings. The first-order chi connectivity index (χ1) is 12.1. The van der Waals surface area contributed by atoms with Crippen LogP contribution in [0.1, 0.15) is 35.4 Å². The van der Waals surface area contributed by atoms with Gasteiger partial charge in [0.2, 0.25) is 11.7 Å². The number of nitrogens with zero attached hydrogens (tertiary/aromatic N) is 3. The lowest BCUT2D eigenvalue weighted by Crippen LogP contribution is -2.29. The fourth-order valence-corrected chi connectivity index (χ4v) is 2.66. The second kappa shape index (κ2) is 8.66. The predicted molar refractivity (Wildman–Crippen MR) is 93.3 cm³/mol. The van der Waals surface area contributed by atoms with Crippen LogP contribution in [0.2, 0.25) is 0 Å². The number of hydrogen-bond donors (Lipinski definition) is 1. The Morgan fingerprint density at radius 2 is 2.08 bits per heavy atom. The first-order valence-corrected chi connectivity index (χ1v) is 8.13. The molecule has 26 heavy (non-hydrogen) atoms. The molecular weight excluding hydrogens is 362 g/mol. The molecule has 1 unspecified atom stereocenters. The Hall–Kier alpha value is -2.61. The Morgan fingerprint density at radius 1 is 1.35 bits per heavy atom. The van der Waals surface area contributed by atoms with Crippen LogP contribution >= 0.6 is 12.4 Å². The third-order valence-electron chi connectivity index (χ3n) is 4.11. The van der Waals surface area contributed by atoms with Crippen molar-refractivity contribution in [3.05, 3.63) is 41.5 Å².